The maximum absolute atomic E-state index is 12.5. The number of carbonyl (C=O) groups excluding carboxylic acids is 4. The van der Waals surface area contributed by atoms with Crippen LogP contribution in [0, 0.1) is 5.92 Å². The summed E-state index contributed by atoms with van der Waals surface area (Å²) in [4.78, 5) is 50.7. The summed E-state index contributed by atoms with van der Waals surface area (Å²) in [6, 6.07) is 12.7. The summed E-state index contributed by atoms with van der Waals surface area (Å²) in [5, 5.41) is 0.501. The van der Waals surface area contributed by atoms with Gasteiger partial charge in [-0.3, -0.25) is 14.4 Å². The molecule has 8 heteroatoms. The van der Waals surface area contributed by atoms with Crippen molar-refractivity contribution in [1.29, 1.82) is 0 Å². The Labute approximate surface area is 184 Å². The van der Waals surface area contributed by atoms with Gasteiger partial charge in [-0.2, -0.15) is 0 Å². The highest BCUT2D eigenvalue weighted by molar-refractivity contribution is 6.30. The molecule has 1 aliphatic rings. The molecule has 3 rings (SSSR count). The van der Waals surface area contributed by atoms with Crippen LogP contribution in [0.25, 0.3) is 0 Å². The molecule has 1 fully saturated rings. The molecule has 0 aliphatic carbocycles. The summed E-state index contributed by atoms with van der Waals surface area (Å²) >= 11 is 5.83. The van der Waals surface area contributed by atoms with Crippen molar-refractivity contribution < 1.29 is 28.7 Å². The first kappa shape index (κ1) is 22.5. The number of benzene rings is 2. The third-order valence-electron chi connectivity index (χ3n) is 4.94. The number of carbonyl (C=O) groups is 4. The fraction of sp³-hybridized carbons (Fsp3) is 0.304. The Morgan fingerprint density at radius 1 is 1.06 bits per heavy atom. The first-order chi connectivity index (χ1) is 14.8. The van der Waals surface area contributed by atoms with E-state index >= 15 is 0 Å². The fourth-order valence-electron chi connectivity index (χ4n) is 3.28. The number of nitrogens with zero attached hydrogens (tertiary/aromatic N) is 1. The van der Waals surface area contributed by atoms with Crippen molar-refractivity contribution in [1.82, 2.24) is 0 Å². The molecular formula is C23H22ClNO6. The minimum absolute atomic E-state index is 0.0136. The minimum atomic E-state index is -0.985. The van der Waals surface area contributed by atoms with Crippen LogP contribution in [-0.4, -0.2) is 42.9 Å². The lowest BCUT2D eigenvalue weighted by Crippen LogP contribution is -2.30. The van der Waals surface area contributed by atoms with E-state index in [1.165, 1.54) is 11.8 Å². The number of hydrogen-bond donors (Lipinski definition) is 0. The SMILES string of the molecule is CCOC(=O)c1ccc(N2C[C@H](C(=O)O[C@H](C)C(=O)c3ccc(Cl)cc3)CC2=O)cc1. The number of esters is 2. The van der Waals surface area contributed by atoms with Gasteiger partial charge >= 0.3 is 11.9 Å². The van der Waals surface area contributed by atoms with Gasteiger partial charge in [0.1, 0.15) is 0 Å². The number of rotatable bonds is 7. The Kier molecular flexibility index (Phi) is 7.07. The molecule has 0 N–H and O–H groups in total. The standard InChI is InChI=1S/C23H22ClNO6/c1-3-30-22(28)16-6-10-19(11-7-16)25-13-17(12-20(25)26)23(29)31-14(2)21(27)15-4-8-18(24)9-5-15/h4-11,14,17H,3,12-13H2,1-2H3/t14-,17-/m1/s1. The van der Waals surface area contributed by atoms with E-state index in [9.17, 15) is 19.2 Å². The Balaban J connectivity index is 1.61. The van der Waals surface area contributed by atoms with Crippen LogP contribution >= 0.6 is 11.6 Å². The zero-order chi connectivity index (χ0) is 22.5. The van der Waals surface area contributed by atoms with Gasteiger partial charge in [-0.05, 0) is 62.4 Å². The zero-order valence-corrected chi connectivity index (χ0v) is 17.9. The van der Waals surface area contributed by atoms with E-state index in [0.29, 0.717) is 21.8 Å². The molecular weight excluding hydrogens is 422 g/mol. The molecule has 162 valence electrons. The Bertz CT molecular complexity index is 986. The Morgan fingerprint density at radius 3 is 2.29 bits per heavy atom. The quantitative estimate of drug-likeness (QED) is 0.479. The second kappa shape index (κ2) is 9.75. The largest absolute Gasteiger partial charge is 0.462 e. The van der Waals surface area contributed by atoms with Gasteiger partial charge in [0.2, 0.25) is 11.7 Å². The van der Waals surface area contributed by atoms with E-state index in [4.69, 9.17) is 21.1 Å². The lowest BCUT2D eigenvalue weighted by Gasteiger charge is -2.18. The average molecular weight is 444 g/mol. The first-order valence-corrected chi connectivity index (χ1v) is 10.3. The van der Waals surface area contributed by atoms with Crippen LogP contribution in [0.5, 0.6) is 0 Å². The summed E-state index contributed by atoms with van der Waals surface area (Å²) in [6.45, 7) is 3.63. The number of halogens is 1. The minimum Gasteiger partial charge on any atom is -0.462 e. The van der Waals surface area contributed by atoms with Crippen LogP contribution in [0.1, 0.15) is 41.0 Å². The Hall–Kier alpha value is -3.19. The molecule has 1 heterocycles. The number of amides is 1. The van der Waals surface area contributed by atoms with Gasteiger partial charge < -0.3 is 14.4 Å². The van der Waals surface area contributed by atoms with Crippen molar-refractivity contribution >= 4 is 40.9 Å². The molecule has 0 spiro atoms. The third kappa shape index (κ3) is 5.30. The van der Waals surface area contributed by atoms with E-state index in [1.807, 2.05) is 0 Å². The molecule has 1 saturated heterocycles. The van der Waals surface area contributed by atoms with E-state index in [2.05, 4.69) is 0 Å². The summed E-state index contributed by atoms with van der Waals surface area (Å²) in [6.07, 6.45) is -0.998. The molecule has 0 unspecified atom stereocenters. The van der Waals surface area contributed by atoms with E-state index in [-0.39, 0.29) is 31.3 Å². The summed E-state index contributed by atoms with van der Waals surface area (Å²) in [5.74, 6) is -2.31. The molecule has 0 radical (unpaired) electrons. The maximum atomic E-state index is 12.5. The van der Waals surface area contributed by atoms with E-state index < -0.39 is 24.0 Å². The van der Waals surface area contributed by atoms with Gasteiger partial charge in [0.15, 0.2) is 6.10 Å². The summed E-state index contributed by atoms with van der Waals surface area (Å²) < 4.78 is 10.3. The van der Waals surface area contributed by atoms with Crippen molar-refractivity contribution in [2.24, 2.45) is 5.92 Å². The fourth-order valence-corrected chi connectivity index (χ4v) is 3.41. The number of ketones is 1. The molecule has 1 aliphatic heterocycles. The lowest BCUT2D eigenvalue weighted by atomic mass is 10.1. The van der Waals surface area contributed by atoms with Gasteiger partial charge in [0.25, 0.3) is 0 Å². The molecule has 31 heavy (non-hydrogen) atoms. The predicted octanol–water partition coefficient (Wildman–Crippen LogP) is 3.68. The van der Waals surface area contributed by atoms with Crippen molar-refractivity contribution in [3.05, 3.63) is 64.7 Å². The van der Waals surface area contributed by atoms with Crippen LogP contribution in [0.15, 0.2) is 48.5 Å². The number of hydrogen-bond acceptors (Lipinski definition) is 6. The summed E-state index contributed by atoms with van der Waals surface area (Å²) in [7, 11) is 0. The van der Waals surface area contributed by atoms with E-state index in [0.717, 1.165) is 0 Å². The lowest BCUT2D eigenvalue weighted by molar-refractivity contribution is -0.151. The smallest absolute Gasteiger partial charge is 0.338 e. The van der Waals surface area contributed by atoms with Gasteiger partial charge in [0, 0.05) is 29.2 Å². The molecule has 0 aromatic heterocycles. The van der Waals surface area contributed by atoms with Crippen LogP contribution in [0.3, 0.4) is 0 Å². The van der Waals surface area contributed by atoms with Gasteiger partial charge in [-0.15, -0.1) is 0 Å². The van der Waals surface area contributed by atoms with Crippen LogP contribution in [0.4, 0.5) is 5.69 Å². The Morgan fingerprint density at radius 2 is 1.68 bits per heavy atom. The molecule has 1 amide bonds. The van der Waals surface area contributed by atoms with Crippen molar-refractivity contribution in [3.8, 4) is 0 Å². The molecule has 2 aromatic carbocycles. The number of anilines is 1. The molecule has 0 saturated carbocycles. The third-order valence-corrected chi connectivity index (χ3v) is 5.19. The van der Waals surface area contributed by atoms with E-state index in [1.54, 1.807) is 55.5 Å². The zero-order valence-electron chi connectivity index (χ0n) is 17.2. The molecule has 2 aromatic rings. The molecule has 0 bridgehead atoms. The maximum Gasteiger partial charge on any atom is 0.338 e. The van der Waals surface area contributed by atoms with Crippen molar-refractivity contribution in [2.75, 3.05) is 18.1 Å². The highest BCUT2D eigenvalue weighted by atomic mass is 35.5. The van der Waals surface area contributed by atoms with Crippen molar-refractivity contribution in [2.45, 2.75) is 26.4 Å². The van der Waals surface area contributed by atoms with Crippen LogP contribution in [-0.2, 0) is 19.1 Å². The second-order valence-electron chi connectivity index (χ2n) is 7.12. The molecule has 7 nitrogen and oxygen atoms in total. The second-order valence-corrected chi connectivity index (χ2v) is 7.56. The number of Topliss-reactive ketones (excluding diaryl/α,β-unsaturated/α-hetero) is 1. The van der Waals surface area contributed by atoms with Gasteiger partial charge in [-0.1, -0.05) is 11.6 Å². The first-order valence-electron chi connectivity index (χ1n) is 9.88. The monoisotopic (exact) mass is 443 g/mol. The van der Waals surface area contributed by atoms with Crippen LogP contribution < -0.4 is 4.90 Å². The topological polar surface area (TPSA) is 90.0 Å². The normalized spacial score (nSPS) is 16.7. The highest BCUT2D eigenvalue weighted by Gasteiger charge is 2.37. The average Bonchev–Trinajstić information content (AvgIpc) is 3.16. The number of ether oxygens (including phenoxy) is 2. The van der Waals surface area contributed by atoms with Crippen molar-refractivity contribution in [3.63, 3.8) is 0 Å². The summed E-state index contributed by atoms with van der Waals surface area (Å²) in [5.41, 5.74) is 1.33. The van der Waals surface area contributed by atoms with Gasteiger partial charge in [-0.25, -0.2) is 4.79 Å². The predicted molar refractivity (Wildman–Crippen MR) is 114 cm³/mol. The van der Waals surface area contributed by atoms with Crippen LogP contribution in [0.2, 0.25) is 5.02 Å². The van der Waals surface area contributed by atoms with Gasteiger partial charge in [0.05, 0.1) is 18.1 Å². The highest BCUT2D eigenvalue weighted by Crippen LogP contribution is 2.27. The molecule has 2 atom stereocenters.